The molecule has 0 spiro atoms. The van der Waals surface area contributed by atoms with Crippen LogP contribution in [0.3, 0.4) is 0 Å². The number of aliphatic hydroxyl groups is 1. The fourth-order valence-electron chi connectivity index (χ4n) is 6.28. The van der Waals surface area contributed by atoms with Crippen LogP contribution < -0.4 is 14.8 Å². The predicted octanol–water partition coefficient (Wildman–Crippen LogP) is 6.33. The highest BCUT2D eigenvalue weighted by atomic mass is 32.1. The fraction of sp³-hybridized carbons (Fsp3) is 0.200. The maximum atomic E-state index is 14.0. The van der Waals surface area contributed by atoms with E-state index in [0.29, 0.717) is 17.9 Å². The molecule has 3 N–H and O–H groups in total. The molecule has 0 bridgehead atoms. The first-order valence-corrected chi connectivity index (χ1v) is 15.4. The zero-order valence-corrected chi connectivity index (χ0v) is 25.3. The summed E-state index contributed by atoms with van der Waals surface area (Å²) in [5.74, 6) is 1.05. The molecule has 6 aromatic rings. The SMILES string of the molecule is COc1cc2c(cc1-c1cccnc1OC)-c1cc(C(=O)N[C@@H](CO)Cc3c[nH]c4ccccc34)c(-c3cccs3)n1CC2. The van der Waals surface area contributed by atoms with Gasteiger partial charge < -0.3 is 29.4 Å². The first-order chi connectivity index (χ1) is 21.6. The minimum Gasteiger partial charge on any atom is -0.496 e. The number of ether oxygens (including phenoxy) is 2. The number of benzene rings is 2. The number of aromatic nitrogens is 3. The summed E-state index contributed by atoms with van der Waals surface area (Å²) in [5, 5.41) is 16.6. The third kappa shape index (κ3) is 4.84. The van der Waals surface area contributed by atoms with Crippen molar-refractivity contribution >= 4 is 28.1 Å². The Kier molecular flexibility index (Phi) is 7.41. The molecule has 222 valence electrons. The minimum absolute atomic E-state index is 0.175. The summed E-state index contributed by atoms with van der Waals surface area (Å²) in [6, 6.07) is 21.7. The molecule has 4 aromatic heterocycles. The summed E-state index contributed by atoms with van der Waals surface area (Å²) in [4.78, 5) is 22.7. The monoisotopic (exact) mass is 604 g/mol. The van der Waals surface area contributed by atoms with Crippen LogP contribution in [0, 0.1) is 0 Å². The molecule has 0 aliphatic carbocycles. The highest BCUT2D eigenvalue weighted by Crippen LogP contribution is 2.44. The maximum Gasteiger partial charge on any atom is 0.253 e. The van der Waals surface area contributed by atoms with Gasteiger partial charge in [0.2, 0.25) is 5.88 Å². The number of hydrogen-bond donors (Lipinski definition) is 3. The molecule has 1 aliphatic rings. The van der Waals surface area contributed by atoms with Gasteiger partial charge in [0, 0.05) is 52.2 Å². The fourth-order valence-corrected chi connectivity index (χ4v) is 7.08. The van der Waals surface area contributed by atoms with Gasteiger partial charge in [-0.15, -0.1) is 11.3 Å². The molecular weight excluding hydrogens is 572 g/mol. The van der Waals surface area contributed by atoms with E-state index in [1.54, 1.807) is 31.8 Å². The van der Waals surface area contributed by atoms with Gasteiger partial charge in [-0.2, -0.15) is 0 Å². The lowest BCUT2D eigenvalue weighted by Gasteiger charge is -2.24. The number of methoxy groups -OCH3 is 2. The molecule has 0 radical (unpaired) electrons. The highest BCUT2D eigenvalue weighted by Gasteiger charge is 2.29. The molecule has 9 heteroatoms. The van der Waals surface area contributed by atoms with E-state index >= 15 is 0 Å². The van der Waals surface area contributed by atoms with Crippen LogP contribution in [0.25, 0.3) is 43.9 Å². The van der Waals surface area contributed by atoms with Crippen molar-refractivity contribution in [2.75, 3.05) is 20.8 Å². The number of aryl methyl sites for hydroxylation is 1. The van der Waals surface area contributed by atoms with Gasteiger partial charge in [0.05, 0.1) is 43.0 Å². The Balaban J connectivity index is 1.29. The van der Waals surface area contributed by atoms with Gasteiger partial charge in [0.1, 0.15) is 5.75 Å². The molecule has 7 rings (SSSR count). The number of H-pyrrole nitrogens is 1. The van der Waals surface area contributed by atoms with Crippen molar-refractivity contribution in [3.8, 4) is 44.6 Å². The van der Waals surface area contributed by atoms with Crippen LogP contribution in [-0.4, -0.2) is 52.4 Å². The van der Waals surface area contributed by atoms with E-state index in [4.69, 9.17) is 9.47 Å². The van der Waals surface area contributed by atoms with E-state index in [9.17, 15) is 9.90 Å². The number of amides is 1. The smallest absolute Gasteiger partial charge is 0.253 e. The Hall–Kier alpha value is -4.86. The van der Waals surface area contributed by atoms with Gasteiger partial charge in [-0.25, -0.2) is 4.98 Å². The largest absolute Gasteiger partial charge is 0.496 e. The summed E-state index contributed by atoms with van der Waals surface area (Å²) >= 11 is 1.61. The first kappa shape index (κ1) is 27.9. The number of nitrogens with one attached hydrogen (secondary N) is 2. The normalized spacial score (nSPS) is 12.9. The predicted molar refractivity (Wildman–Crippen MR) is 174 cm³/mol. The van der Waals surface area contributed by atoms with E-state index in [1.807, 2.05) is 54.0 Å². The highest BCUT2D eigenvalue weighted by molar-refractivity contribution is 7.13. The van der Waals surface area contributed by atoms with E-state index in [2.05, 4.69) is 44.1 Å². The van der Waals surface area contributed by atoms with Crippen molar-refractivity contribution < 1.29 is 19.4 Å². The molecule has 8 nitrogen and oxygen atoms in total. The van der Waals surface area contributed by atoms with Gasteiger partial charge in [0.15, 0.2) is 0 Å². The molecule has 5 heterocycles. The summed E-state index contributed by atoms with van der Waals surface area (Å²) in [6.45, 7) is 0.548. The molecule has 1 amide bonds. The average Bonchev–Trinajstić information content (AvgIpc) is 3.83. The van der Waals surface area contributed by atoms with Crippen LogP contribution in [0.4, 0.5) is 0 Å². The van der Waals surface area contributed by atoms with Crippen LogP contribution >= 0.6 is 11.3 Å². The van der Waals surface area contributed by atoms with Crippen LogP contribution in [0.5, 0.6) is 11.6 Å². The number of aliphatic hydroxyl groups excluding tert-OH is 1. The first-order valence-electron chi connectivity index (χ1n) is 14.5. The van der Waals surface area contributed by atoms with Crippen molar-refractivity contribution in [3.05, 3.63) is 101 Å². The maximum absolute atomic E-state index is 14.0. The van der Waals surface area contributed by atoms with Gasteiger partial charge in [-0.05, 0) is 71.8 Å². The Labute approximate surface area is 258 Å². The molecule has 1 aliphatic heterocycles. The second-order valence-corrected chi connectivity index (χ2v) is 11.8. The Morgan fingerprint density at radius 1 is 1.07 bits per heavy atom. The number of pyridine rings is 1. The molecule has 0 saturated carbocycles. The topological polar surface area (TPSA) is 101 Å². The summed E-state index contributed by atoms with van der Waals surface area (Å²) < 4.78 is 13.6. The molecule has 0 fully saturated rings. The molecule has 1 atom stereocenters. The summed E-state index contributed by atoms with van der Waals surface area (Å²) in [6.07, 6.45) is 4.95. The van der Waals surface area contributed by atoms with Gasteiger partial charge in [-0.3, -0.25) is 4.79 Å². The van der Waals surface area contributed by atoms with Crippen molar-refractivity contribution in [1.82, 2.24) is 19.9 Å². The van der Waals surface area contributed by atoms with Crippen molar-refractivity contribution in [2.45, 2.75) is 25.4 Å². The lowest BCUT2D eigenvalue weighted by molar-refractivity contribution is 0.0917. The lowest BCUT2D eigenvalue weighted by atomic mass is 9.93. The number of hydrogen-bond acceptors (Lipinski definition) is 6. The Morgan fingerprint density at radius 3 is 2.75 bits per heavy atom. The quantitative estimate of drug-likeness (QED) is 0.179. The molecule has 44 heavy (non-hydrogen) atoms. The third-order valence-corrected chi connectivity index (χ3v) is 9.23. The number of fused-ring (bicyclic) bond motifs is 4. The van der Waals surface area contributed by atoms with Crippen LogP contribution in [0.1, 0.15) is 21.5 Å². The minimum atomic E-state index is -0.448. The van der Waals surface area contributed by atoms with Gasteiger partial charge >= 0.3 is 0 Å². The van der Waals surface area contributed by atoms with Crippen LogP contribution in [-0.2, 0) is 19.4 Å². The van der Waals surface area contributed by atoms with Crippen LogP contribution in [0.15, 0.2) is 84.5 Å². The van der Waals surface area contributed by atoms with Crippen LogP contribution in [0.2, 0.25) is 0 Å². The molecular formula is C35H32N4O4S. The number of carbonyl (C=O) groups is 1. The van der Waals surface area contributed by atoms with E-state index in [1.165, 1.54) is 0 Å². The Morgan fingerprint density at radius 2 is 1.95 bits per heavy atom. The van der Waals surface area contributed by atoms with E-state index in [0.717, 1.165) is 73.7 Å². The number of para-hydroxylation sites is 1. The van der Waals surface area contributed by atoms with E-state index < -0.39 is 6.04 Å². The average molecular weight is 605 g/mol. The number of thiophene rings is 1. The summed E-state index contributed by atoms with van der Waals surface area (Å²) in [5.41, 5.74) is 8.40. The van der Waals surface area contributed by atoms with Crippen molar-refractivity contribution in [2.24, 2.45) is 0 Å². The molecule has 2 aromatic carbocycles. The van der Waals surface area contributed by atoms with Gasteiger partial charge in [0.25, 0.3) is 5.91 Å². The van der Waals surface area contributed by atoms with Crippen molar-refractivity contribution in [3.63, 3.8) is 0 Å². The second-order valence-electron chi connectivity index (χ2n) is 10.9. The molecule has 0 saturated heterocycles. The number of rotatable bonds is 9. The summed E-state index contributed by atoms with van der Waals surface area (Å²) in [7, 11) is 3.28. The Bertz CT molecular complexity index is 1970. The number of nitrogens with zero attached hydrogens (tertiary/aromatic N) is 2. The third-order valence-electron chi connectivity index (χ3n) is 8.35. The number of aromatic amines is 1. The number of carbonyl (C=O) groups excluding carboxylic acids is 1. The van der Waals surface area contributed by atoms with Gasteiger partial charge in [-0.1, -0.05) is 24.3 Å². The second kappa shape index (κ2) is 11.7. The zero-order valence-electron chi connectivity index (χ0n) is 24.5. The lowest BCUT2D eigenvalue weighted by Crippen LogP contribution is -2.39. The zero-order chi connectivity index (χ0) is 30.2. The van der Waals surface area contributed by atoms with Crippen molar-refractivity contribution in [1.29, 1.82) is 0 Å². The van der Waals surface area contributed by atoms with E-state index in [-0.39, 0.29) is 12.5 Å². The standard InChI is InChI=1S/C35H32N4O4S/c1-42-31-16-21-11-13-39-30(26(21)17-27(31)25-8-5-12-36-35(25)43-2)18-28(33(39)32-10-6-14-44-32)34(41)38-23(20-40)15-22-19-37-29-9-4-3-7-24(22)29/h3-10,12,14,16-19,23,37,40H,11,13,15,20H2,1-2H3,(H,38,41)/t23-/m1/s1. The molecule has 0 unspecified atom stereocenters.